The molecule has 19 heavy (non-hydrogen) atoms. The standard InChI is InChI=1S/C17H25NO/c1-4-11-19-16-7-5-14(6-8-16)13-18-15-9-10-17(2,3)12-15/h4-8,15,18H,1,9-13H2,2-3H3. The van der Waals surface area contributed by atoms with Gasteiger partial charge < -0.3 is 10.1 Å². The lowest BCUT2D eigenvalue weighted by Gasteiger charge is -2.18. The van der Waals surface area contributed by atoms with E-state index in [1.54, 1.807) is 6.08 Å². The van der Waals surface area contributed by atoms with Crippen molar-refractivity contribution >= 4 is 0 Å². The van der Waals surface area contributed by atoms with Gasteiger partial charge in [0.05, 0.1) is 0 Å². The van der Waals surface area contributed by atoms with Gasteiger partial charge in [-0.3, -0.25) is 0 Å². The summed E-state index contributed by atoms with van der Waals surface area (Å²) >= 11 is 0. The molecule has 0 bridgehead atoms. The number of nitrogens with one attached hydrogen (secondary N) is 1. The molecule has 0 spiro atoms. The topological polar surface area (TPSA) is 21.3 Å². The Balaban J connectivity index is 1.78. The van der Waals surface area contributed by atoms with E-state index in [1.807, 2.05) is 12.1 Å². The van der Waals surface area contributed by atoms with E-state index in [1.165, 1.54) is 24.8 Å². The van der Waals surface area contributed by atoms with Crippen LogP contribution in [0.2, 0.25) is 0 Å². The van der Waals surface area contributed by atoms with Crippen molar-refractivity contribution in [1.29, 1.82) is 0 Å². The Morgan fingerprint density at radius 1 is 1.37 bits per heavy atom. The van der Waals surface area contributed by atoms with Gasteiger partial charge in [0.15, 0.2) is 0 Å². The monoisotopic (exact) mass is 259 g/mol. The molecule has 1 saturated carbocycles. The first-order valence-electron chi connectivity index (χ1n) is 7.15. The Hall–Kier alpha value is -1.28. The molecular weight excluding hydrogens is 234 g/mol. The van der Waals surface area contributed by atoms with Crippen LogP contribution in [0.3, 0.4) is 0 Å². The highest BCUT2D eigenvalue weighted by molar-refractivity contribution is 5.27. The lowest BCUT2D eigenvalue weighted by Crippen LogP contribution is -2.26. The zero-order valence-corrected chi connectivity index (χ0v) is 12.1. The average Bonchev–Trinajstić information content (AvgIpc) is 2.75. The van der Waals surface area contributed by atoms with Crippen LogP contribution in [0, 0.1) is 5.41 Å². The van der Waals surface area contributed by atoms with Gasteiger partial charge >= 0.3 is 0 Å². The molecule has 1 atom stereocenters. The van der Waals surface area contributed by atoms with E-state index in [0.717, 1.165) is 12.3 Å². The van der Waals surface area contributed by atoms with Crippen molar-refractivity contribution in [3.05, 3.63) is 42.5 Å². The quantitative estimate of drug-likeness (QED) is 0.782. The average molecular weight is 259 g/mol. The zero-order valence-electron chi connectivity index (χ0n) is 12.1. The highest BCUT2D eigenvalue weighted by Crippen LogP contribution is 2.36. The number of hydrogen-bond acceptors (Lipinski definition) is 2. The Morgan fingerprint density at radius 2 is 2.11 bits per heavy atom. The summed E-state index contributed by atoms with van der Waals surface area (Å²) in [6, 6.07) is 8.99. The minimum absolute atomic E-state index is 0.514. The van der Waals surface area contributed by atoms with Gasteiger partial charge in [0.2, 0.25) is 0 Å². The second-order valence-electron chi connectivity index (χ2n) is 6.23. The van der Waals surface area contributed by atoms with Gasteiger partial charge in [-0.15, -0.1) is 0 Å². The maximum Gasteiger partial charge on any atom is 0.119 e. The molecule has 2 nitrogen and oxygen atoms in total. The van der Waals surface area contributed by atoms with Crippen molar-refractivity contribution in [1.82, 2.24) is 5.32 Å². The Kier molecular flexibility index (Phi) is 4.65. The van der Waals surface area contributed by atoms with E-state index >= 15 is 0 Å². The van der Waals surface area contributed by atoms with Gasteiger partial charge in [0.1, 0.15) is 12.4 Å². The predicted molar refractivity (Wildman–Crippen MR) is 80.4 cm³/mol. The number of hydrogen-bond donors (Lipinski definition) is 1. The summed E-state index contributed by atoms with van der Waals surface area (Å²) in [7, 11) is 0. The molecular formula is C17H25NO. The van der Waals surface area contributed by atoms with Gasteiger partial charge in [-0.1, -0.05) is 38.6 Å². The molecule has 0 amide bonds. The summed E-state index contributed by atoms with van der Waals surface area (Å²) in [5.41, 5.74) is 1.83. The van der Waals surface area contributed by atoms with Crippen LogP contribution in [0.15, 0.2) is 36.9 Å². The third-order valence-corrected chi connectivity index (χ3v) is 3.85. The van der Waals surface area contributed by atoms with Crippen molar-refractivity contribution < 1.29 is 4.74 Å². The fourth-order valence-corrected chi connectivity index (χ4v) is 2.73. The predicted octanol–water partition coefficient (Wildman–Crippen LogP) is 3.92. The molecule has 1 unspecified atom stereocenters. The largest absolute Gasteiger partial charge is 0.490 e. The van der Waals surface area contributed by atoms with Gasteiger partial charge in [-0.2, -0.15) is 0 Å². The van der Waals surface area contributed by atoms with Crippen LogP contribution in [0.4, 0.5) is 0 Å². The SMILES string of the molecule is C=CCOc1ccc(CNC2CCC(C)(C)C2)cc1. The number of rotatable bonds is 6. The minimum Gasteiger partial charge on any atom is -0.490 e. The van der Waals surface area contributed by atoms with Crippen LogP contribution in [0.1, 0.15) is 38.7 Å². The summed E-state index contributed by atoms with van der Waals surface area (Å²) in [5.74, 6) is 0.908. The maximum absolute atomic E-state index is 5.48. The fourth-order valence-electron chi connectivity index (χ4n) is 2.73. The van der Waals surface area contributed by atoms with Gasteiger partial charge in [0.25, 0.3) is 0 Å². The number of ether oxygens (including phenoxy) is 1. The molecule has 104 valence electrons. The van der Waals surface area contributed by atoms with Crippen LogP contribution in [0.5, 0.6) is 5.75 Å². The Labute approximate surface area is 116 Å². The van der Waals surface area contributed by atoms with E-state index in [-0.39, 0.29) is 0 Å². The molecule has 1 aromatic carbocycles. The van der Waals surface area contributed by atoms with E-state index in [2.05, 4.69) is 37.9 Å². The second kappa shape index (κ2) is 6.25. The van der Waals surface area contributed by atoms with Crippen LogP contribution in [0.25, 0.3) is 0 Å². The first-order chi connectivity index (χ1) is 9.09. The Bertz CT molecular complexity index is 408. The normalized spacial score (nSPS) is 21.3. The number of benzene rings is 1. The molecule has 1 aliphatic carbocycles. The first kappa shape index (κ1) is 14.1. The molecule has 0 aliphatic heterocycles. The second-order valence-corrected chi connectivity index (χ2v) is 6.23. The van der Waals surface area contributed by atoms with E-state index in [4.69, 9.17) is 4.74 Å². The molecule has 1 aromatic rings. The van der Waals surface area contributed by atoms with Crippen LogP contribution in [-0.2, 0) is 6.54 Å². The minimum atomic E-state index is 0.514. The Morgan fingerprint density at radius 3 is 2.68 bits per heavy atom. The van der Waals surface area contributed by atoms with Crippen LogP contribution >= 0.6 is 0 Å². The summed E-state index contributed by atoms with van der Waals surface area (Å²) in [6.07, 6.45) is 5.68. The van der Waals surface area contributed by atoms with Gasteiger partial charge in [-0.05, 0) is 42.4 Å². The molecule has 2 rings (SSSR count). The summed E-state index contributed by atoms with van der Waals surface area (Å²) in [5, 5.41) is 3.66. The fraction of sp³-hybridized carbons (Fsp3) is 0.529. The van der Waals surface area contributed by atoms with E-state index in [0.29, 0.717) is 18.1 Å². The van der Waals surface area contributed by atoms with E-state index in [9.17, 15) is 0 Å². The van der Waals surface area contributed by atoms with Crippen molar-refractivity contribution in [3.63, 3.8) is 0 Å². The summed E-state index contributed by atoms with van der Waals surface area (Å²) < 4.78 is 5.48. The molecule has 0 heterocycles. The van der Waals surface area contributed by atoms with Crippen LogP contribution in [-0.4, -0.2) is 12.6 Å². The third kappa shape index (κ3) is 4.39. The first-order valence-corrected chi connectivity index (χ1v) is 7.15. The molecule has 0 radical (unpaired) electrons. The lowest BCUT2D eigenvalue weighted by molar-refractivity contribution is 0.362. The lowest BCUT2D eigenvalue weighted by atomic mass is 9.92. The van der Waals surface area contributed by atoms with Crippen LogP contribution < -0.4 is 10.1 Å². The van der Waals surface area contributed by atoms with Gasteiger partial charge in [-0.25, -0.2) is 0 Å². The zero-order chi connectivity index (χ0) is 13.7. The highest BCUT2D eigenvalue weighted by atomic mass is 16.5. The van der Waals surface area contributed by atoms with Crippen molar-refractivity contribution in [2.75, 3.05) is 6.61 Å². The van der Waals surface area contributed by atoms with E-state index < -0.39 is 0 Å². The molecule has 1 aliphatic rings. The maximum atomic E-state index is 5.48. The molecule has 0 saturated heterocycles. The smallest absolute Gasteiger partial charge is 0.119 e. The molecule has 1 fully saturated rings. The van der Waals surface area contributed by atoms with Gasteiger partial charge in [0, 0.05) is 12.6 Å². The molecule has 2 heteroatoms. The van der Waals surface area contributed by atoms with Crippen molar-refractivity contribution in [2.45, 2.75) is 45.7 Å². The molecule has 1 N–H and O–H groups in total. The third-order valence-electron chi connectivity index (χ3n) is 3.85. The summed E-state index contributed by atoms with van der Waals surface area (Å²) in [4.78, 5) is 0. The molecule has 0 aromatic heterocycles. The van der Waals surface area contributed by atoms with Crippen molar-refractivity contribution in [2.24, 2.45) is 5.41 Å². The highest BCUT2D eigenvalue weighted by Gasteiger charge is 2.30. The summed E-state index contributed by atoms with van der Waals surface area (Å²) in [6.45, 7) is 9.88. The van der Waals surface area contributed by atoms with Crippen molar-refractivity contribution in [3.8, 4) is 5.75 Å².